The van der Waals surface area contributed by atoms with E-state index in [2.05, 4.69) is 31.9 Å². The number of nitrogens with zero attached hydrogens (tertiary/aromatic N) is 1. The zero-order valence-corrected chi connectivity index (χ0v) is 11.2. The summed E-state index contributed by atoms with van der Waals surface area (Å²) >= 11 is 17.7. The molecule has 0 aliphatic carbocycles. The molecule has 0 aliphatic rings. The van der Waals surface area contributed by atoms with Crippen LogP contribution >= 0.6 is 55.1 Å². The molecule has 0 N–H and O–H groups in total. The van der Waals surface area contributed by atoms with E-state index >= 15 is 0 Å². The summed E-state index contributed by atoms with van der Waals surface area (Å²) < 4.78 is -0.329. The summed E-state index contributed by atoms with van der Waals surface area (Å²) in [7, 11) is 0. The lowest BCUT2D eigenvalue weighted by molar-refractivity contribution is -0.385. The first kappa shape index (κ1) is 12.2. The molecular weight excluding hydrogens is 361 g/mol. The van der Waals surface area contributed by atoms with E-state index < -0.39 is 4.92 Å². The number of hydrogen-bond donors (Lipinski definition) is 0. The smallest absolute Gasteiger partial charge is 0.258 e. The van der Waals surface area contributed by atoms with Crippen LogP contribution in [-0.2, 0) is 0 Å². The average molecular weight is 364 g/mol. The molecule has 1 rings (SSSR count). The van der Waals surface area contributed by atoms with Crippen molar-refractivity contribution in [1.29, 1.82) is 0 Å². The first-order valence-electron chi connectivity index (χ1n) is 3.35. The Bertz CT molecular complexity index is 384. The summed E-state index contributed by atoms with van der Waals surface area (Å²) in [5.74, 6) is 0. The molecule has 0 bridgehead atoms. The van der Waals surface area contributed by atoms with Crippen molar-refractivity contribution >= 4 is 60.7 Å². The van der Waals surface area contributed by atoms with E-state index in [0.29, 0.717) is 5.56 Å². The van der Waals surface area contributed by atoms with Gasteiger partial charge < -0.3 is 0 Å². The van der Waals surface area contributed by atoms with E-state index in [9.17, 15) is 10.1 Å². The molecule has 0 heterocycles. The van der Waals surface area contributed by atoms with E-state index in [1.807, 2.05) is 0 Å². The van der Waals surface area contributed by atoms with Crippen LogP contribution in [0.2, 0.25) is 10.0 Å². The lowest BCUT2D eigenvalue weighted by Gasteiger charge is -2.05. The van der Waals surface area contributed by atoms with Gasteiger partial charge in [0, 0.05) is 6.07 Å². The van der Waals surface area contributed by atoms with E-state index in [1.54, 1.807) is 0 Å². The van der Waals surface area contributed by atoms with Gasteiger partial charge in [-0.1, -0.05) is 55.1 Å². The number of hydrogen-bond acceptors (Lipinski definition) is 2. The largest absolute Gasteiger partial charge is 0.276 e. The van der Waals surface area contributed by atoms with Gasteiger partial charge in [-0.25, -0.2) is 0 Å². The standard InChI is InChI=1S/C7H3Br2Cl2NO2/c8-7(9)3-1-4(10)5(11)2-6(3)12(13)14/h1-2,7H. The Hall–Kier alpha value is 0.160. The van der Waals surface area contributed by atoms with Crippen LogP contribution in [-0.4, -0.2) is 4.92 Å². The van der Waals surface area contributed by atoms with Crippen molar-refractivity contribution in [3.05, 3.63) is 37.9 Å². The maximum atomic E-state index is 10.7. The highest BCUT2D eigenvalue weighted by Gasteiger charge is 2.20. The fourth-order valence-electron chi connectivity index (χ4n) is 0.885. The van der Waals surface area contributed by atoms with Crippen LogP contribution in [0.25, 0.3) is 0 Å². The molecule has 0 fully saturated rings. The predicted molar refractivity (Wildman–Crippen MR) is 63.7 cm³/mol. The van der Waals surface area contributed by atoms with Crippen molar-refractivity contribution in [2.24, 2.45) is 0 Å². The normalized spacial score (nSPS) is 10.6. The molecule has 0 radical (unpaired) electrons. The minimum atomic E-state index is -0.507. The quantitative estimate of drug-likeness (QED) is 0.434. The minimum Gasteiger partial charge on any atom is -0.258 e. The second-order valence-electron chi connectivity index (χ2n) is 2.38. The molecule has 0 saturated heterocycles. The average Bonchev–Trinajstić information content (AvgIpc) is 2.08. The molecule has 0 unspecified atom stereocenters. The van der Waals surface area contributed by atoms with Crippen LogP contribution in [0.3, 0.4) is 0 Å². The maximum absolute atomic E-state index is 10.7. The van der Waals surface area contributed by atoms with Gasteiger partial charge in [-0.05, 0) is 6.07 Å². The summed E-state index contributed by atoms with van der Waals surface area (Å²) in [5.41, 5.74) is 0.363. The van der Waals surface area contributed by atoms with Crippen molar-refractivity contribution < 1.29 is 4.92 Å². The van der Waals surface area contributed by atoms with Crippen molar-refractivity contribution in [3.8, 4) is 0 Å². The van der Waals surface area contributed by atoms with Gasteiger partial charge in [0.25, 0.3) is 5.69 Å². The number of nitro groups is 1. The maximum Gasteiger partial charge on any atom is 0.276 e. The van der Waals surface area contributed by atoms with Crippen LogP contribution in [0.15, 0.2) is 12.1 Å². The first-order chi connectivity index (χ1) is 6.43. The van der Waals surface area contributed by atoms with Crippen LogP contribution in [0, 0.1) is 10.1 Å². The SMILES string of the molecule is O=[N+]([O-])c1cc(Cl)c(Cl)cc1C(Br)Br. The van der Waals surface area contributed by atoms with Crippen molar-refractivity contribution in [3.63, 3.8) is 0 Å². The Labute approximate surface area is 107 Å². The van der Waals surface area contributed by atoms with E-state index in [0.717, 1.165) is 0 Å². The van der Waals surface area contributed by atoms with E-state index in [-0.39, 0.29) is 19.5 Å². The van der Waals surface area contributed by atoms with Gasteiger partial charge >= 0.3 is 0 Å². The lowest BCUT2D eigenvalue weighted by atomic mass is 10.2. The molecule has 0 amide bonds. The molecule has 7 heteroatoms. The van der Waals surface area contributed by atoms with Gasteiger partial charge in [0.15, 0.2) is 0 Å². The zero-order chi connectivity index (χ0) is 10.9. The number of rotatable bonds is 2. The van der Waals surface area contributed by atoms with Crippen molar-refractivity contribution in [2.45, 2.75) is 3.74 Å². The molecule has 0 aromatic heterocycles. The minimum absolute atomic E-state index is 0.0712. The number of halogens is 4. The van der Waals surface area contributed by atoms with Gasteiger partial charge in [-0.3, -0.25) is 10.1 Å². The Morgan fingerprint density at radius 1 is 1.29 bits per heavy atom. The fraction of sp³-hybridized carbons (Fsp3) is 0.143. The summed E-state index contributed by atoms with van der Waals surface area (Å²) in [6.45, 7) is 0. The van der Waals surface area contributed by atoms with Crippen LogP contribution in [0.1, 0.15) is 9.30 Å². The second-order valence-corrected chi connectivity index (χ2v) is 6.26. The number of alkyl halides is 2. The van der Waals surface area contributed by atoms with Crippen LogP contribution in [0.5, 0.6) is 0 Å². The first-order valence-corrected chi connectivity index (χ1v) is 5.93. The highest BCUT2D eigenvalue weighted by Crippen LogP contribution is 2.39. The van der Waals surface area contributed by atoms with Gasteiger partial charge in [0.2, 0.25) is 0 Å². The highest BCUT2D eigenvalue weighted by molar-refractivity contribution is 9.24. The molecule has 0 aliphatic heterocycles. The third-order valence-electron chi connectivity index (χ3n) is 1.50. The Morgan fingerprint density at radius 3 is 2.21 bits per heavy atom. The van der Waals surface area contributed by atoms with E-state index in [4.69, 9.17) is 23.2 Å². The number of nitro benzene ring substituents is 1. The van der Waals surface area contributed by atoms with Crippen molar-refractivity contribution in [1.82, 2.24) is 0 Å². The predicted octanol–water partition coefficient (Wildman–Crippen LogP) is 4.69. The zero-order valence-electron chi connectivity index (χ0n) is 6.51. The van der Waals surface area contributed by atoms with Gasteiger partial charge in [0.05, 0.1) is 20.5 Å². The summed E-state index contributed by atoms with van der Waals surface area (Å²) in [5, 5.41) is 11.1. The van der Waals surface area contributed by atoms with Crippen LogP contribution < -0.4 is 0 Å². The van der Waals surface area contributed by atoms with Crippen molar-refractivity contribution in [2.75, 3.05) is 0 Å². The molecule has 14 heavy (non-hydrogen) atoms. The van der Waals surface area contributed by atoms with Gasteiger partial charge in [-0.2, -0.15) is 0 Å². The molecule has 0 spiro atoms. The van der Waals surface area contributed by atoms with Gasteiger partial charge in [0.1, 0.15) is 3.74 Å². The second kappa shape index (κ2) is 4.79. The molecule has 0 saturated carbocycles. The summed E-state index contributed by atoms with van der Waals surface area (Å²) in [6, 6.07) is 2.69. The Morgan fingerprint density at radius 2 is 1.79 bits per heavy atom. The molecule has 3 nitrogen and oxygen atoms in total. The van der Waals surface area contributed by atoms with Crippen LogP contribution in [0.4, 0.5) is 5.69 Å². The topological polar surface area (TPSA) is 43.1 Å². The third-order valence-corrected chi connectivity index (χ3v) is 3.21. The Balaban J connectivity index is 3.39. The third kappa shape index (κ3) is 2.59. The molecule has 76 valence electrons. The molecule has 1 aromatic rings. The fourth-order valence-corrected chi connectivity index (χ4v) is 1.95. The molecular formula is C7H3Br2Cl2NO2. The highest BCUT2D eigenvalue weighted by atomic mass is 79.9. The molecule has 0 atom stereocenters. The Kier molecular flexibility index (Phi) is 4.18. The summed E-state index contributed by atoms with van der Waals surface area (Å²) in [4.78, 5) is 10.1. The molecule has 1 aromatic carbocycles. The van der Waals surface area contributed by atoms with Gasteiger partial charge in [-0.15, -0.1) is 0 Å². The monoisotopic (exact) mass is 361 g/mol. The lowest BCUT2D eigenvalue weighted by Crippen LogP contribution is -1.94. The number of benzene rings is 1. The summed E-state index contributed by atoms with van der Waals surface area (Å²) in [6.07, 6.45) is 0. The van der Waals surface area contributed by atoms with E-state index in [1.165, 1.54) is 12.1 Å².